The van der Waals surface area contributed by atoms with Crippen LogP contribution in [0.4, 0.5) is 0 Å². The van der Waals surface area contributed by atoms with E-state index in [1.165, 1.54) is 308 Å². The summed E-state index contributed by atoms with van der Waals surface area (Å²) in [6.07, 6.45) is 82.1. The van der Waals surface area contributed by atoms with Crippen molar-refractivity contribution in [2.45, 2.75) is 398 Å². The minimum Gasteiger partial charge on any atom is -0.466 e. The topological polar surface area (TPSA) is 95.9 Å². The summed E-state index contributed by atoms with van der Waals surface area (Å²) < 4.78 is 5.48. The van der Waals surface area contributed by atoms with Gasteiger partial charge in [-0.2, -0.15) is 0 Å². The molecule has 2 atom stereocenters. The third-order valence-corrected chi connectivity index (χ3v) is 16.2. The summed E-state index contributed by atoms with van der Waals surface area (Å²) in [6, 6.07) is -0.543. The van der Waals surface area contributed by atoms with E-state index in [2.05, 4.69) is 43.5 Å². The Kier molecular flexibility index (Phi) is 64.4. The lowest BCUT2D eigenvalue weighted by Gasteiger charge is -2.22. The summed E-state index contributed by atoms with van der Waals surface area (Å²) in [7, 11) is 0. The fourth-order valence-corrected chi connectivity index (χ4v) is 10.9. The molecule has 0 fully saturated rings. The minimum absolute atomic E-state index is 0.00645. The molecule has 0 radical (unpaired) electrons. The smallest absolute Gasteiger partial charge is 0.305 e. The lowest BCUT2D eigenvalue weighted by atomic mass is 10.0. The highest BCUT2D eigenvalue weighted by atomic mass is 16.5. The molecule has 450 valence electrons. The largest absolute Gasteiger partial charge is 0.466 e. The predicted molar refractivity (Wildman–Crippen MR) is 333 cm³/mol. The lowest BCUT2D eigenvalue weighted by molar-refractivity contribution is -0.143. The maximum atomic E-state index is 12.5. The standard InChI is InChI=1S/C70H135NO5/c1-3-5-7-9-11-13-15-17-19-20-29-32-35-38-42-46-50-54-58-62-68(73)67(66-72)71-69(74)63-59-55-51-47-43-39-36-33-30-27-25-23-21-22-24-26-28-31-34-37-41-45-49-53-57-61-65-76-70(75)64-60-56-52-48-44-40-18-16-14-12-10-8-6-4-2/h16,18,21,23,67-68,72-73H,3-15,17,19-20,22,24-66H2,1-2H3,(H,71,74)/b18-16-,23-21-. The number of allylic oxidation sites excluding steroid dienone is 4. The van der Waals surface area contributed by atoms with Crippen LogP contribution in [0.2, 0.25) is 0 Å². The molecule has 0 saturated carbocycles. The van der Waals surface area contributed by atoms with Crippen LogP contribution in [0.3, 0.4) is 0 Å². The fourth-order valence-electron chi connectivity index (χ4n) is 10.9. The first kappa shape index (κ1) is 74.3. The van der Waals surface area contributed by atoms with Crippen molar-refractivity contribution in [3.8, 4) is 0 Å². The summed E-state index contributed by atoms with van der Waals surface area (Å²) in [5, 5.41) is 23.4. The van der Waals surface area contributed by atoms with Gasteiger partial charge in [-0.15, -0.1) is 0 Å². The van der Waals surface area contributed by atoms with E-state index in [-0.39, 0.29) is 18.5 Å². The highest BCUT2D eigenvalue weighted by Gasteiger charge is 2.20. The molecule has 0 aromatic rings. The number of esters is 1. The zero-order valence-electron chi connectivity index (χ0n) is 51.5. The quantitative estimate of drug-likeness (QED) is 0.0320. The van der Waals surface area contributed by atoms with Crippen LogP contribution in [0.15, 0.2) is 24.3 Å². The van der Waals surface area contributed by atoms with Crippen LogP contribution in [0, 0.1) is 0 Å². The molecule has 2 unspecified atom stereocenters. The van der Waals surface area contributed by atoms with Gasteiger partial charge in [-0.05, 0) is 77.0 Å². The molecule has 0 rings (SSSR count). The number of rotatable bonds is 65. The van der Waals surface area contributed by atoms with E-state index in [1.54, 1.807) is 0 Å². The Morgan fingerprint density at radius 3 is 0.934 bits per heavy atom. The zero-order valence-corrected chi connectivity index (χ0v) is 51.5. The van der Waals surface area contributed by atoms with E-state index in [0.717, 1.165) is 44.9 Å². The lowest BCUT2D eigenvalue weighted by Crippen LogP contribution is -2.45. The molecule has 1 amide bonds. The SMILES string of the molecule is CCCCCCC/C=C\CCCCCCCC(=O)OCCCCCCCCCCCCCC/C=C\CCCCCCCCCCCCC(=O)NC(CO)C(O)CCCCCCCCCCCCCCCCCCCCC. The van der Waals surface area contributed by atoms with Gasteiger partial charge in [-0.25, -0.2) is 0 Å². The maximum Gasteiger partial charge on any atom is 0.305 e. The summed E-state index contributed by atoms with van der Waals surface area (Å²) in [6.45, 7) is 4.97. The average Bonchev–Trinajstić information content (AvgIpc) is 3.42. The van der Waals surface area contributed by atoms with Crippen LogP contribution in [0.5, 0.6) is 0 Å². The van der Waals surface area contributed by atoms with Crippen LogP contribution in [-0.2, 0) is 14.3 Å². The number of nitrogens with one attached hydrogen (secondary N) is 1. The minimum atomic E-state index is -0.666. The Bertz CT molecular complexity index is 1190. The van der Waals surface area contributed by atoms with Crippen molar-refractivity contribution >= 4 is 11.9 Å². The molecule has 0 bridgehead atoms. The number of amides is 1. The molecule has 0 aromatic carbocycles. The van der Waals surface area contributed by atoms with Crippen LogP contribution in [0.25, 0.3) is 0 Å². The molecular formula is C70H135NO5. The zero-order chi connectivity index (χ0) is 55.0. The molecule has 0 spiro atoms. The van der Waals surface area contributed by atoms with Crippen LogP contribution in [-0.4, -0.2) is 47.4 Å². The first-order valence-corrected chi connectivity index (χ1v) is 34.6. The van der Waals surface area contributed by atoms with Crippen molar-refractivity contribution in [2.24, 2.45) is 0 Å². The second kappa shape index (κ2) is 65.9. The normalized spacial score (nSPS) is 12.6. The molecule has 6 heteroatoms. The van der Waals surface area contributed by atoms with Crippen molar-refractivity contribution in [2.75, 3.05) is 13.2 Å². The molecule has 3 N–H and O–H groups in total. The Morgan fingerprint density at radius 2 is 0.618 bits per heavy atom. The fraction of sp³-hybridized carbons (Fsp3) is 0.914. The van der Waals surface area contributed by atoms with Crippen molar-refractivity contribution < 1.29 is 24.5 Å². The summed E-state index contributed by atoms with van der Waals surface area (Å²) in [5.41, 5.74) is 0. The molecule has 0 heterocycles. The molecule has 76 heavy (non-hydrogen) atoms. The number of ether oxygens (including phenoxy) is 1. The Balaban J connectivity index is 3.39. The van der Waals surface area contributed by atoms with Gasteiger partial charge < -0.3 is 20.3 Å². The van der Waals surface area contributed by atoms with E-state index in [4.69, 9.17) is 4.74 Å². The predicted octanol–water partition coefficient (Wildman–Crippen LogP) is 22.1. The number of hydrogen-bond donors (Lipinski definition) is 3. The molecule has 0 saturated heterocycles. The van der Waals surface area contributed by atoms with E-state index < -0.39 is 12.1 Å². The molecule has 0 aromatic heterocycles. The third-order valence-electron chi connectivity index (χ3n) is 16.2. The Labute approximate surface area is 475 Å². The number of aliphatic hydroxyl groups excluding tert-OH is 2. The molecule has 6 nitrogen and oxygen atoms in total. The van der Waals surface area contributed by atoms with Gasteiger partial charge in [0.2, 0.25) is 5.91 Å². The van der Waals surface area contributed by atoms with Crippen molar-refractivity contribution in [3.05, 3.63) is 24.3 Å². The van der Waals surface area contributed by atoms with Gasteiger partial charge >= 0.3 is 5.97 Å². The maximum absolute atomic E-state index is 12.5. The number of hydrogen-bond acceptors (Lipinski definition) is 5. The summed E-state index contributed by atoms with van der Waals surface area (Å²) in [5.74, 6) is -0.0266. The molecule has 0 aliphatic carbocycles. The number of unbranched alkanes of at least 4 members (excludes halogenated alkanes) is 50. The highest BCUT2D eigenvalue weighted by molar-refractivity contribution is 5.76. The van der Waals surface area contributed by atoms with Crippen LogP contribution in [0.1, 0.15) is 386 Å². The van der Waals surface area contributed by atoms with Crippen molar-refractivity contribution in [1.29, 1.82) is 0 Å². The van der Waals surface area contributed by atoms with Gasteiger partial charge in [0.1, 0.15) is 0 Å². The third kappa shape index (κ3) is 61.6. The van der Waals surface area contributed by atoms with Gasteiger partial charge in [-0.1, -0.05) is 321 Å². The second-order valence-corrected chi connectivity index (χ2v) is 23.9. The Hall–Kier alpha value is -1.66. The van der Waals surface area contributed by atoms with Gasteiger partial charge in [0.15, 0.2) is 0 Å². The van der Waals surface area contributed by atoms with Crippen molar-refractivity contribution in [3.63, 3.8) is 0 Å². The van der Waals surface area contributed by atoms with E-state index in [9.17, 15) is 19.8 Å². The van der Waals surface area contributed by atoms with Crippen LogP contribution >= 0.6 is 0 Å². The van der Waals surface area contributed by atoms with E-state index in [0.29, 0.717) is 25.9 Å². The van der Waals surface area contributed by atoms with E-state index in [1.807, 2.05) is 0 Å². The number of carbonyl (C=O) groups is 2. The van der Waals surface area contributed by atoms with Gasteiger partial charge in [0, 0.05) is 12.8 Å². The first-order valence-electron chi connectivity index (χ1n) is 34.6. The average molecular weight is 1070 g/mol. The molecular weight excluding hydrogens is 935 g/mol. The summed E-state index contributed by atoms with van der Waals surface area (Å²) in [4.78, 5) is 24.6. The van der Waals surface area contributed by atoms with Gasteiger partial charge in [0.05, 0.1) is 25.4 Å². The monoisotopic (exact) mass is 1070 g/mol. The second-order valence-electron chi connectivity index (χ2n) is 23.9. The van der Waals surface area contributed by atoms with Crippen molar-refractivity contribution in [1.82, 2.24) is 5.32 Å². The first-order chi connectivity index (χ1) is 37.5. The Morgan fingerprint density at radius 1 is 0.355 bits per heavy atom. The number of aliphatic hydroxyl groups is 2. The van der Waals surface area contributed by atoms with Gasteiger partial charge in [0.25, 0.3) is 0 Å². The van der Waals surface area contributed by atoms with Crippen LogP contribution < -0.4 is 5.32 Å². The molecule has 0 aliphatic rings. The summed E-state index contributed by atoms with van der Waals surface area (Å²) >= 11 is 0. The van der Waals surface area contributed by atoms with E-state index >= 15 is 0 Å². The van der Waals surface area contributed by atoms with Gasteiger partial charge in [-0.3, -0.25) is 9.59 Å². The molecule has 0 aliphatic heterocycles. The highest BCUT2D eigenvalue weighted by Crippen LogP contribution is 2.18. The number of carbonyl (C=O) groups excluding carboxylic acids is 2.